The van der Waals surface area contributed by atoms with E-state index in [2.05, 4.69) is 15.0 Å². The number of nitrogens with one attached hydrogen (secondary N) is 2. The number of hydrogen-bond acceptors (Lipinski definition) is 4. The molecule has 0 atom stereocenters. The minimum Gasteiger partial charge on any atom is -0.350 e. The molecule has 0 spiro atoms. The Balaban J connectivity index is 1.72. The lowest BCUT2D eigenvalue weighted by atomic mass is 10.2. The molecule has 126 valence electrons. The summed E-state index contributed by atoms with van der Waals surface area (Å²) >= 11 is 0. The first-order valence-electron chi connectivity index (χ1n) is 7.44. The molecule has 0 aliphatic carbocycles. The molecule has 24 heavy (non-hydrogen) atoms. The van der Waals surface area contributed by atoms with Gasteiger partial charge >= 0.3 is 0 Å². The van der Waals surface area contributed by atoms with Gasteiger partial charge in [-0.2, -0.15) is 0 Å². The predicted octanol–water partition coefficient (Wildman–Crippen LogP) is 1.68. The molecule has 2 rings (SSSR count). The fraction of sp³-hybridized carbons (Fsp3) is 0.176. The van der Waals surface area contributed by atoms with Gasteiger partial charge < -0.3 is 5.32 Å². The van der Waals surface area contributed by atoms with E-state index in [0.717, 1.165) is 16.7 Å². The Morgan fingerprint density at radius 1 is 1.08 bits per heavy atom. The van der Waals surface area contributed by atoms with Gasteiger partial charge in [-0.3, -0.25) is 9.78 Å². The van der Waals surface area contributed by atoms with Gasteiger partial charge in [0.25, 0.3) is 0 Å². The third kappa shape index (κ3) is 6.72. The molecule has 1 aromatic heterocycles. The highest BCUT2D eigenvalue weighted by Crippen LogP contribution is 2.02. The zero-order valence-electron chi connectivity index (χ0n) is 13.1. The van der Waals surface area contributed by atoms with E-state index in [9.17, 15) is 13.2 Å². The summed E-state index contributed by atoms with van der Waals surface area (Å²) in [4.78, 5) is 15.8. The van der Waals surface area contributed by atoms with Gasteiger partial charge in [-0.1, -0.05) is 36.4 Å². The summed E-state index contributed by atoms with van der Waals surface area (Å²) in [5.41, 5.74) is 1.54. The van der Waals surface area contributed by atoms with Crippen LogP contribution in [0.1, 0.15) is 17.7 Å². The molecule has 0 fully saturated rings. The van der Waals surface area contributed by atoms with Crippen molar-refractivity contribution in [3.63, 3.8) is 0 Å². The number of sulfonamides is 1. The molecule has 0 unspecified atom stereocenters. The van der Waals surface area contributed by atoms with E-state index in [-0.39, 0.29) is 18.9 Å². The average Bonchev–Trinajstić information content (AvgIpc) is 2.60. The number of carbonyl (C=O) groups is 1. The molecule has 1 aromatic carbocycles. The Morgan fingerprint density at radius 2 is 1.83 bits per heavy atom. The van der Waals surface area contributed by atoms with Gasteiger partial charge in [0.1, 0.15) is 0 Å². The summed E-state index contributed by atoms with van der Waals surface area (Å²) in [6, 6.07) is 14.5. The van der Waals surface area contributed by atoms with E-state index in [1.165, 1.54) is 6.08 Å². The van der Waals surface area contributed by atoms with Gasteiger partial charge in [-0.05, 0) is 23.8 Å². The number of aromatic nitrogens is 1. The second-order valence-corrected chi connectivity index (χ2v) is 6.65. The van der Waals surface area contributed by atoms with Crippen molar-refractivity contribution in [2.24, 2.45) is 0 Å². The van der Waals surface area contributed by atoms with E-state index in [0.29, 0.717) is 6.54 Å². The van der Waals surface area contributed by atoms with Crippen LogP contribution in [0.2, 0.25) is 0 Å². The maximum atomic E-state index is 11.8. The fourth-order valence-corrected chi connectivity index (χ4v) is 2.69. The standard InChI is InChI=1S/C17H19N3O3S/c21-17(19-14-16-8-4-5-11-18-16)9-12-20-24(22,23)13-10-15-6-2-1-3-7-15/h1-8,10-11,13,20H,9,12,14H2,(H,19,21). The highest BCUT2D eigenvalue weighted by Gasteiger charge is 2.07. The lowest BCUT2D eigenvalue weighted by Crippen LogP contribution is -2.29. The van der Waals surface area contributed by atoms with Crippen LogP contribution in [0.4, 0.5) is 0 Å². The lowest BCUT2D eigenvalue weighted by molar-refractivity contribution is -0.121. The van der Waals surface area contributed by atoms with E-state index < -0.39 is 10.0 Å². The maximum Gasteiger partial charge on any atom is 0.233 e. The van der Waals surface area contributed by atoms with Gasteiger partial charge in [-0.25, -0.2) is 13.1 Å². The highest BCUT2D eigenvalue weighted by atomic mass is 32.2. The molecule has 0 aliphatic rings. The lowest BCUT2D eigenvalue weighted by Gasteiger charge is -2.05. The monoisotopic (exact) mass is 345 g/mol. The van der Waals surface area contributed by atoms with E-state index in [4.69, 9.17) is 0 Å². The van der Waals surface area contributed by atoms with Crippen LogP contribution in [0, 0.1) is 0 Å². The maximum absolute atomic E-state index is 11.8. The number of nitrogens with zero attached hydrogens (tertiary/aromatic N) is 1. The van der Waals surface area contributed by atoms with Crippen LogP contribution in [-0.4, -0.2) is 25.9 Å². The van der Waals surface area contributed by atoms with Crippen molar-refractivity contribution >= 4 is 22.0 Å². The summed E-state index contributed by atoms with van der Waals surface area (Å²) in [6.45, 7) is 0.357. The van der Waals surface area contributed by atoms with Crippen molar-refractivity contribution in [2.45, 2.75) is 13.0 Å². The smallest absolute Gasteiger partial charge is 0.233 e. The minimum atomic E-state index is -3.57. The number of rotatable bonds is 8. The third-order valence-electron chi connectivity index (χ3n) is 3.09. The van der Waals surface area contributed by atoms with Gasteiger partial charge in [0, 0.05) is 24.6 Å². The molecular weight excluding hydrogens is 326 g/mol. The van der Waals surface area contributed by atoms with Crippen molar-refractivity contribution in [2.75, 3.05) is 6.54 Å². The molecule has 1 heterocycles. The first kappa shape index (κ1) is 17.8. The number of hydrogen-bond donors (Lipinski definition) is 2. The Labute approximate surface area is 141 Å². The summed E-state index contributed by atoms with van der Waals surface area (Å²) in [7, 11) is -3.57. The Bertz CT molecular complexity index is 775. The van der Waals surface area contributed by atoms with Crippen LogP contribution in [0.5, 0.6) is 0 Å². The third-order valence-corrected chi connectivity index (χ3v) is 4.19. The zero-order valence-corrected chi connectivity index (χ0v) is 13.9. The molecule has 0 saturated carbocycles. The van der Waals surface area contributed by atoms with Gasteiger partial charge in [0.2, 0.25) is 15.9 Å². The molecule has 2 aromatic rings. The summed E-state index contributed by atoms with van der Waals surface area (Å²) in [5.74, 6) is -0.240. The summed E-state index contributed by atoms with van der Waals surface area (Å²) in [5, 5.41) is 3.78. The molecule has 0 bridgehead atoms. The van der Waals surface area contributed by atoms with Crippen LogP contribution in [0.15, 0.2) is 60.1 Å². The molecule has 2 N–H and O–H groups in total. The van der Waals surface area contributed by atoms with Crippen molar-refractivity contribution in [3.05, 3.63) is 71.4 Å². The van der Waals surface area contributed by atoms with E-state index in [1.807, 2.05) is 24.3 Å². The van der Waals surface area contributed by atoms with Crippen LogP contribution in [0.25, 0.3) is 6.08 Å². The minimum absolute atomic E-state index is 0.0372. The van der Waals surface area contributed by atoms with Gasteiger partial charge in [-0.15, -0.1) is 0 Å². The predicted molar refractivity (Wildman–Crippen MR) is 93.1 cm³/mol. The molecule has 0 aliphatic heterocycles. The Morgan fingerprint density at radius 3 is 2.54 bits per heavy atom. The zero-order chi connectivity index (χ0) is 17.3. The molecule has 1 amide bonds. The molecular formula is C17H19N3O3S. The largest absolute Gasteiger partial charge is 0.350 e. The number of carbonyl (C=O) groups excluding carboxylic acids is 1. The second-order valence-electron chi connectivity index (χ2n) is 5.00. The van der Waals surface area contributed by atoms with Crippen LogP contribution < -0.4 is 10.0 Å². The van der Waals surface area contributed by atoms with Crippen molar-refractivity contribution < 1.29 is 13.2 Å². The Hall–Kier alpha value is -2.51. The van der Waals surface area contributed by atoms with Crippen molar-refractivity contribution in [1.82, 2.24) is 15.0 Å². The Kier molecular flexibility index (Phi) is 6.65. The van der Waals surface area contributed by atoms with Crippen molar-refractivity contribution in [1.29, 1.82) is 0 Å². The SMILES string of the molecule is O=C(CCNS(=O)(=O)C=Cc1ccccc1)NCc1ccccn1. The molecule has 6 nitrogen and oxygen atoms in total. The average molecular weight is 345 g/mol. The topological polar surface area (TPSA) is 88.2 Å². The molecule has 0 radical (unpaired) electrons. The molecule has 7 heteroatoms. The second kappa shape index (κ2) is 8.95. The summed E-state index contributed by atoms with van der Waals surface area (Å²) < 4.78 is 26.0. The first-order valence-corrected chi connectivity index (χ1v) is 8.99. The fourth-order valence-electron chi connectivity index (χ4n) is 1.87. The number of pyridine rings is 1. The first-order chi connectivity index (χ1) is 11.6. The van der Waals surface area contributed by atoms with Gasteiger partial charge in [0.05, 0.1) is 12.2 Å². The quantitative estimate of drug-likeness (QED) is 0.762. The van der Waals surface area contributed by atoms with Crippen LogP contribution in [0.3, 0.4) is 0 Å². The summed E-state index contributed by atoms with van der Waals surface area (Å²) in [6.07, 6.45) is 3.21. The number of benzene rings is 1. The van der Waals surface area contributed by atoms with Crippen LogP contribution >= 0.6 is 0 Å². The van der Waals surface area contributed by atoms with Gasteiger partial charge in [0.15, 0.2) is 0 Å². The molecule has 0 saturated heterocycles. The normalized spacial score (nSPS) is 11.5. The van der Waals surface area contributed by atoms with E-state index in [1.54, 1.807) is 30.5 Å². The number of amides is 1. The van der Waals surface area contributed by atoms with Crippen LogP contribution in [-0.2, 0) is 21.4 Å². The highest BCUT2D eigenvalue weighted by molar-refractivity contribution is 7.92. The van der Waals surface area contributed by atoms with Crippen molar-refractivity contribution in [3.8, 4) is 0 Å². The van der Waals surface area contributed by atoms with E-state index >= 15 is 0 Å².